The summed E-state index contributed by atoms with van der Waals surface area (Å²) in [5.74, 6) is 0.231. The van der Waals surface area contributed by atoms with E-state index in [0.29, 0.717) is 28.1 Å². The number of hydrogen-bond donors (Lipinski definition) is 0. The van der Waals surface area contributed by atoms with Gasteiger partial charge in [-0.2, -0.15) is 0 Å². The van der Waals surface area contributed by atoms with Crippen molar-refractivity contribution >= 4 is 40.6 Å². The number of benzene rings is 2. The first-order valence-electron chi connectivity index (χ1n) is 11.3. The van der Waals surface area contributed by atoms with Gasteiger partial charge in [0.15, 0.2) is 23.3 Å². The first-order valence-corrected chi connectivity index (χ1v) is 12.1. The largest absolute Gasteiger partial charge is 0.493 e. The van der Waals surface area contributed by atoms with Crippen LogP contribution in [0.1, 0.15) is 18.1 Å². The summed E-state index contributed by atoms with van der Waals surface area (Å²) in [6.45, 7) is 2.15. The second kappa shape index (κ2) is 12.0. The van der Waals surface area contributed by atoms with Crippen LogP contribution in [-0.2, 0) is 20.9 Å². The second-order valence-corrected chi connectivity index (χ2v) is 8.61. The van der Waals surface area contributed by atoms with Crippen LogP contribution in [0.3, 0.4) is 0 Å². The molecule has 1 aliphatic heterocycles. The molecule has 1 saturated heterocycles. The zero-order chi connectivity index (χ0) is 25.3. The van der Waals surface area contributed by atoms with E-state index < -0.39 is 5.97 Å². The lowest BCUT2D eigenvalue weighted by atomic mass is 10.2. The number of amidine groups is 1. The van der Waals surface area contributed by atoms with Crippen LogP contribution in [0.5, 0.6) is 11.5 Å². The maximum absolute atomic E-state index is 13.4. The Labute approximate surface area is 213 Å². The fourth-order valence-electron chi connectivity index (χ4n) is 3.40. The molecule has 0 aliphatic carbocycles. The van der Waals surface area contributed by atoms with Crippen LogP contribution in [0.15, 0.2) is 83.0 Å². The average molecular weight is 504 g/mol. The van der Waals surface area contributed by atoms with E-state index in [1.807, 2.05) is 42.5 Å². The van der Waals surface area contributed by atoms with E-state index in [1.165, 1.54) is 18.9 Å². The Hall–Kier alpha value is -4.11. The Bertz CT molecular complexity index is 1280. The van der Waals surface area contributed by atoms with Crippen LogP contribution in [0, 0.1) is 0 Å². The average Bonchev–Trinajstić information content (AvgIpc) is 3.18. The summed E-state index contributed by atoms with van der Waals surface area (Å²) in [5, 5.41) is 0.586. The molecule has 0 bridgehead atoms. The number of carbonyl (C=O) groups excluding carboxylic acids is 2. The zero-order valence-corrected chi connectivity index (χ0v) is 20.7. The molecule has 184 valence electrons. The number of esters is 1. The normalized spacial score (nSPS) is 15.4. The number of amides is 1. The van der Waals surface area contributed by atoms with Gasteiger partial charge in [0.1, 0.15) is 0 Å². The number of ether oxygens (including phenoxy) is 3. The molecule has 0 spiro atoms. The van der Waals surface area contributed by atoms with Crippen molar-refractivity contribution in [2.24, 2.45) is 4.99 Å². The monoisotopic (exact) mass is 503 g/mol. The summed E-state index contributed by atoms with van der Waals surface area (Å²) < 4.78 is 15.9. The molecule has 1 aliphatic rings. The third-order valence-electron chi connectivity index (χ3n) is 5.07. The quantitative estimate of drug-likeness (QED) is 0.305. The molecule has 9 heteroatoms. The molecule has 8 nitrogen and oxygen atoms in total. The Morgan fingerprint density at radius 3 is 2.67 bits per heavy atom. The lowest BCUT2D eigenvalue weighted by Gasteiger charge is -2.15. The van der Waals surface area contributed by atoms with Gasteiger partial charge in [0.2, 0.25) is 0 Å². The lowest BCUT2D eigenvalue weighted by molar-refractivity contribution is -0.145. The summed E-state index contributed by atoms with van der Waals surface area (Å²) in [5.41, 5.74) is 2.40. The molecule has 4 rings (SSSR count). The number of para-hydroxylation sites is 1. The minimum atomic E-state index is -0.461. The number of rotatable bonds is 9. The molecule has 1 amide bonds. The number of hydrogen-bond acceptors (Lipinski definition) is 8. The highest BCUT2D eigenvalue weighted by atomic mass is 32.2. The maximum Gasteiger partial charge on any atom is 0.344 e. The Morgan fingerprint density at radius 2 is 1.94 bits per heavy atom. The van der Waals surface area contributed by atoms with E-state index in [2.05, 4.69) is 4.98 Å². The van der Waals surface area contributed by atoms with Gasteiger partial charge in [0, 0.05) is 12.4 Å². The molecule has 2 heterocycles. The summed E-state index contributed by atoms with van der Waals surface area (Å²) >= 11 is 1.31. The van der Waals surface area contributed by atoms with Crippen molar-refractivity contribution in [1.82, 2.24) is 9.88 Å². The number of carbonyl (C=O) groups is 2. The molecular formula is C27H25N3O5S. The van der Waals surface area contributed by atoms with E-state index >= 15 is 0 Å². The van der Waals surface area contributed by atoms with E-state index in [4.69, 9.17) is 19.2 Å². The lowest BCUT2D eigenvalue weighted by Crippen LogP contribution is -2.28. The van der Waals surface area contributed by atoms with Gasteiger partial charge >= 0.3 is 5.97 Å². The minimum absolute atomic E-state index is 0.153. The van der Waals surface area contributed by atoms with Crippen LogP contribution >= 0.6 is 11.8 Å². The number of nitrogens with zero attached hydrogens (tertiary/aromatic N) is 3. The SMILES string of the molecule is CCOC(=O)COc1ccc(C=C2SC(=Nc3ccccc3)N(Cc3cccnc3)C2=O)cc1OC. The Balaban J connectivity index is 1.60. The summed E-state index contributed by atoms with van der Waals surface area (Å²) in [6, 6.07) is 18.5. The van der Waals surface area contributed by atoms with Crippen LogP contribution < -0.4 is 9.47 Å². The molecule has 0 saturated carbocycles. The molecule has 0 atom stereocenters. The fraction of sp³-hybridized carbons (Fsp3) is 0.185. The molecule has 0 N–H and O–H groups in total. The predicted octanol–water partition coefficient (Wildman–Crippen LogP) is 4.84. The zero-order valence-electron chi connectivity index (χ0n) is 19.9. The van der Waals surface area contributed by atoms with E-state index in [1.54, 1.807) is 48.5 Å². The van der Waals surface area contributed by atoms with Gasteiger partial charge in [-0.15, -0.1) is 0 Å². The van der Waals surface area contributed by atoms with Crippen molar-refractivity contribution in [2.75, 3.05) is 20.3 Å². The van der Waals surface area contributed by atoms with Crippen molar-refractivity contribution in [3.05, 3.63) is 89.1 Å². The van der Waals surface area contributed by atoms with Gasteiger partial charge in [-0.1, -0.05) is 30.3 Å². The van der Waals surface area contributed by atoms with E-state index in [-0.39, 0.29) is 19.1 Å². The number of aromatic nitrogens is 1. The van der Waals surface area contributed by atoms with Gasteiger partial charge in [-0.3, -0.25) is 14.7 Å². The van der Waals surface area contributed by atoms with E-state index in [9.17, 15) is 9.59 Å². The van der Waals surface area contributed by atoms with Crippen molar-refractivity contribution < 1.29 is 23.8 Å². The third-order valence-corrected chi connectivity index (χ3v) is 6.08. The second-order valence-electron chi connectivity index (χ2n) is 7.60. The standard InChI is InChI=1S/C27H25N3O5S/c1-3-34-25(31)18-35-22-12-11-19(14-23(22)33-2)15-24-26(32)30(17-20-8-7-13-28-16-20)27(36-24)29-21-9-5-4-6-10-21/h4-16H,3,17-18H2,1-2H3. The van der Waals surface area contributed by atoms with Gasteiger partial charge in [-0.05, 0) is 66.2 Å². The van der Waals surface area contributed by atoms with Crippen molar-refractivity contribution in [1.29, 1.82) is 0 Å². The molecule has 36 heavy (non-hydrogen) atoms. The molecule has 0 radical (unpaired) electrons. The Kier molecular flexibility index (Phi) is 8.36. The van der Waals surface area contributed by atoms with Crippen LogP contribution in [-0.4, -0.2) is 47.3 Å². The maximum atomic E-state index is 13.4. The molecule has 3 aromatic rings. The highest BCUT2D eigenvalue weighted by Crippen LogP contribution is 2.36. The molecule has 0 unspecified atom stereocenters. The number of thioether (sulfide) groups is 1. The van der Waals surface area contributed by atoms with Crippen molar-refractivity contribution in [3.8, 4) is 11.5 Å². The predicted molar refractivity (Wildman–Crippen MR) is 139 cm³/mol. The number of aliphatic imine (C=N–C) groups is 1. The molecular weight excluding hydrogens is 478 g/mol. The first kappa shape index (κ1) is 25.0. The topological polar surface area (TPSA) is 90.3 Å². The van der Waals surface area contributed by atoms with Crippen LogP contribution in [0.25, 0.3) is 6.08 Å². The van der Waals surface area contributed by atoms with Gasteiger partial charge in [0.25, 0.3) is 5.91 Å². The minimum Gasteiger partial charge on any atom is -0.493 e. The van der Waals surface area contributed by atoms with Crippen LogP contribution in [0.4, 0.5) is 5.69 Å². The first-order chi connectivity index (χ1) is 17.6. The number of methoxy groups -OCH3 is 1. The molecule has 1 aromatic heterocycles. The van der Waals surface area contributed by atoms with Gasteiger partial charge < -0.3 is 14.2 Å². The third kappa shape index (κ3) is 6.31. The summed E-state index contributed by atoms with van der Waals surface area (Å²) in [7, 11) is 1.51. The summed E-state index contributed by atoms with van der Waals surface area (Å²) in [6.07, 6.45) is 5.22. The fourth-order valence-corrected chi connectivity index (χ4v) is 4.40. The van der Waals surface area contributed by atoms with Crippen LogP contribution in [0.2, 0.25) is 0 Å². The van der Waals surface area contributed by atoms with Crippen molar-refractivity contribution in [2.45, 2.75) is 13.5 Å². The smallest absolute Gasteiger partial charge is 0.344 e. The van der Waals surface area contributed by atoms with E-state index in [0.717, 1.165) is 16.8 Å². The molecule has 1 fully saturated rings. The molecule has 2 aromatic carbocycles. The van der Waals surface area contributed by atoms with Crippen molar-refractivity contribution in [3.63, 3.8) is 0 Å². The van der Waals surface area contributed by atoms with Gasteiger partial charge in [0.05, 0.1) is 30.9 Å². The number of pyridine rings is 1. The summed E-state index contributed by atoms with van der Waals surface area (Å²) in [4.78, 5) is 36.1. The Morgan fingerprint density at radius 1 is 1.11 bits per heavy atom. The van der Waals surface area contributed by atoms with Gasteiger partial charge in [-0.25, -0.2) is 9.79 Å². The highest BCUT2D eigenvalue weighted by Gasteiger charge is 2.33. The highest BCUT2D eigenvalue weighted by molar-refractivity contribution is 8.18.